The predicted molar refractivity (Wildman–Crippen MR) is 133 cm³/mol. The number of para-hydroxylation sites is 2. The van der Waals surface area contributed by atoms with Gasteiger partial charge in [-0.15, -0.1) is 0 Å². The molecule has 9 heteroatoms. The van der Waals surface area contributed by atoms with Gasteiger partial charge in [-0.3, -0.25) is 9.10 Å². The highest BCUT2D eigenvalue weighted by Gasteiger charge is 2.30. The SMILES string of the molecule is CCOc1ccccc1N(CC(=O)NC(C)c1ccc(OC)cc1)S(=O)(=O)c1ccc(Cl)cc1. The summed E-state index contributed by atoms with van der Waals surface area (Å²) >= 11 is 5.94. The van der Waals surface area contributed by atoms with Crippen molar-refractivity contribution < 1.29 is 22.7 Å². The third kappa shape index (κ3) is 6.01. The highest BCUT2D eigenvalue weighted by Crippen LogP contribution is 2.33. The Balaban J connectivity index is 1.92. The number of nitrogens with one attached hydrogen (secondary N) is 1. The molecular weight excluding hydrogens is 476 g/mol. The second-order valence-electron chi connectivity index (χ2n) is 7.43. The summed E-state index contributed by atoms with van der Waals surface area (Å²) in [4.78, 5) is 13.0. The number of hydrogen-bond acceptors (Lipinski definition) is 5. The van der Waals surface area contributed by atoms with Crippen LogP contribution in [0.1, 0.15) is 25.5 Å². The number of benzene rings is 3. The molecule has 7 nitrogen and oxygen atoms in total. The lowest BCUT2D eigenvalue weighted by molar-refractivity contribution is -0.120. The molecule has 1 atom stereocenters. The van der Waals surface area contributed by atoms with Gasteiger partial charge in [0.15, 0.2) is 0 Å². The van der Waals surface area contributed by atoms with E-state index in [2.05, 4.69) is 5.32 Å². The Kier molecular flexibility index (Phi) is 8.41. The number of methoxy groups -OCH3 is 1. The lowest BCUT2D eigenvalue weighted by Gasteiger charge is -2.26. The largest absolute Gasteiger partial charge is 0.497 e. The molecule has 0 saturated heterocycles. The Morgan fingerprint density at radius 3 is 2.29 bits per heavy atom. The zero-order valence-electron chi connectivity index (χ0n) is 19.2. The molecule has 0 aliphatic rings. The van der Waals surface area contributed by atoms with E-state index in [4.69, 9.17) is 21.1 Å². The molecule has 3 aromatic rings. The summed E-state index contributed by atoms with van der Waals surface area (Å²) in [5.41, 5.74) is 1.13. The molecule has 3 rings (SSSR count). The summed E-state index contributed by atoms with van der Waals surface area (Å²) in [5.74, 6) is 0.598. The van der Waals surface area contributed by atoms with Crippen LogP contribution in [0.3, 0.4) is 0 Å². The normalized spacial score (nSPS) is 12.0. The van der Waals surface area contributed by atoms with E-state index in [1.165, 1.54) is 24.3 Å². The van der Waals surface area contributed by atoms with Crippen molar-refractivity contribution in [1.82, 2.24) is 5.32 Å². The third-order valence-electron chi connectivity index (χ3n) is 5.12. The first kappa shape index (κ1) is 25.4. The van der Waals surface area contributed by atoms with Gasteiger partial charge >= 0.3 is 0 Å². The van der Waals surface area contributed by atoms with Gasteiger partial charge in [-0.05, 0) is 67.9 Å². The molecule has 1 amide bonds. The van der Waals surface area contributed by atoms with Crippen LogP contribution >= 0.6 is 11.6 Å². The second-order valence-corrected chi connectivity index (χ2v) is 9.73. The maximum atomic E-state index is 13.6. The van der Waals surface area contributed by atoms with E-state index in [-0.39, 0.29) is 16.6 Å². The van der Waals surface area contributed by atoms with Crippen molar-refractivity contribution in [3.8, 4) is 11.5 Å². The van der Waals surface area contributed by atoms with Gasteiger partial charge in [0.2, 0.25) is 5.91 Å². The van der Waals surface area contributed by atoms with Gasteiger partial charge in [0.05, 0.1) is 30.3 Å². The van der Waals surface area contributed by atoms with E-state index >= 15 is 0 Å². The van der Waals surface area contributed by atoms with Crippen molar-refractivity contribution >= 4 is 33.2 Å². The zero-order valence-corrected chi connectivity index (χ0v) is 20.8. The predicted octanol–water partition coefficient (Wildman–Crippen LogP) is 4.82. The van der Waals surface area contributed by atoms with Crippen molar-refractivity contribution in [3.05, 3.63) is 83.4 Å². The molecule has 0 heterocycles. The molecule has 0 aromatic heterocycles. The Bertz CT molecular complexity index is 1210. The summed E-state index contributed by atoms with van der Waals surface area (Å²) < 4.78 is 39.1. The molecule has 0 spiro atoms. The molecule has 0 radical (unpaired) electrons. The zero-order chi connectivity index (χ0) is 24.7. The molecule has 34 heavy (non-hydrogen) atoms. The lowest BCUT2D eigenvalue weighted by atomic mass is 10.1. The van der Waals surface area contributed by atoms with Crippen LogP contribution in [0.4, 0.5) is 5.69 Å². The Labute approximate surface area is 205 Å². The first-order valence-electron chi connectivity index (χ1n) is 10.7. The quantitative estimate of drug-likeness (QED) is 0.429. The van der Waals surface area contributed by atoms with Gasteiger partial charge in [-0.1, -0.05) is 35.9 Å². The number of sulfonamides is 1. The maximum Gasteiger partial charge on any atom is 0.264 e. The number of amides is 1. The minimum absolute atomic E-state index is 0.0132. The van der Waals surface area contributed by atoms with E-state index < -0.39 is 22.5 Å². The van der Waals surface area contributed by atoms with Crippen molar-refractivity contribution in [3.63, 3.8) is 0 Å². The van der Waals surface area contributed by atoms with Crippen molar-refractivity contribution in [2.24, 2.45) is 0 Å². The molecule has 0 fully saturated rings. The molecule has 1 N–H and O–H groups in total. The van der Waals surface area contributed by atoms with Crippen LogP contribution in [0.2, 0.25) is 5.02 Å². The van der Waals surface area contributed by atoms with E-state index in [1.54, 1.807) is 50.4 Å². The average molecular weight is 503 g/mol. The van der Waals surface area contributed by atoms with Gasteiger partial charge < -0.3 is 14.8 Å². The van der Waals surface area contributed by atoms with Crippen LogP contribution in [0.15, 0.2) is 77.7 Å². The fourth-order valence-electron chi connectivity index (χ4n) is 3.37. The Morgan fingerprint density at radius 1 is 1.03 bits per heavy atom. The van der Waals surface area contributed by atoms with Gasteiger partial charge in [-0.25, -0.2) is 8.42 Å². The molecule has 0 aliphatic heterocycles. The summed E-state index contributed by atoms with van der Waals surface area (Å²) in [6, 6.07) is 19.5. The minimum atomic E-state index is -4.10. The highest BCUT2D eigenvalue weighted by atomic mass is 35.5. The lowest BCUT2D eigenvalue weighted by Crippen LogP contribution is -2.41. The Hall–Kier alpha value is -3.23. The van der Waals surface area contributed by atoms with Gasteiger partial charge in [0.1, 0.15) is 18.0 Å². The summed E-state index contributed by atoms with van der Waals surface area (Å²) in [6.45, 7) is 3.53. The standard InChI is InChI=1S/C25H27ClN2O5S/c1-4-33-24-8-6-5-7-23(24)28(34(30,31)22-15-11-20(26)12-16-22)17-25(29)27-18(2)19-9-13-21(32-3)14-10-19/h5-16,18H,4,17H2,1-3H3,(H,27,29). The van der Waals surface area contributed by atoms with Gasteiger partial charge in [-0.2, -0.15) is 0 Å². The third-order valence-corrected chi connectivity index (χ3v) is 7.14. The van der Waals surface area contributed by atoms with Crippen LogP contribution in [-0.4, -0.2) is 34.6 Å². The molecule has 0 saturated carbocycles. The van der Waals surface area contributed by atoms with Crippen LogP contribution in [0.5, 0.6) is 11.5 Å². The molecule has 0 bridgehead atoms. The first-order valence-corrected chi connectivity index (χ1v) is 12.5. The molecule has 180 valence electrons. The number of carbonyl (C=O) groups excluding carboxylic acids is 1. The Morgan fingerprint density at radius 2 is 1.68 bits per heavy atom. The average Bonchev–Trinajstić information content (AvgIpc) is 2.83. The summed E-state index contributed by atoms with van der Waals surface area (Å²) in [6.07, 6.45) is 0. The molecule has 0 aliphatic carbocycles. The van der Waals surface area contributed by atoms with E-state index in [0.717, 1.165) is 9.87 Å². The smallest absolute Gasteiger partial charge is 0.264 e. The number of nitrogens with zero attached hydrogens (tertiary/aromatic N) is 1. The van der Waals surface area contributed by atoms with E-state index in [9.17, 15) is 13.2 Å². The molecular formula is C25H27ClN2O5S. The second kappa shape index (κ2) is 11.3. The topological polar surface area (TPSA) is 84.9 Å². The van der Waals surface area contributed by atoms with Crippen molar-refractivity contribution in [1.29, 1.82) is 0 Å². The van der Waals surface area contributed by atoms with Crippen molar-refractivity contribution in [2.45, 2.75) is 24.8 Å². The number of ether oxygens (including phenoxy) is 2. The summed E-state index contributed by atoms with van der Waals surface area (Å²) in [5, 5.41) is 3.28. The summed E-state index contributed by atoms with van der Waals surface area (Å²) in [7, 11) is -2.52. The van der Waals surface area contributed by atoms with Gasteiger partial charge in [0.25, 0.3) is 10.0 Å². The van der Waals surface area contributed by atoms with Crippen LogP contribution in [-0.2, 0) is 14.8 Å². The van der Waals surface area contributed by atoms with Crippen LogP contribution < -0.4 is 19.1 Å². The maximum absolute atomic E-state index is 13.6. The molecule has 3 aromatic carbocycles. The fourth-order valence-corrected chi connectivity index (χ4v) is 4.93. The highest BCUT2D eigenvalue weighted by molar-refractivity contribution is 7.92. The van der Waals surface area contributed by atoms with Crippen molar-refractivity contribution in [2.75, 3.05) is 24.6 Å². The van der Waals surface area contributed by atoms with Crippen LogP contribution in [0.25, 0.3) is 0 Å². The first-order chi connectivity index (χ1) is 16.3. The fraction of sp³-hybridized carbons (Fsp3) is 0.240. The minimum Gasteiger partial charge on any atom is -0.497 e. The number of halogens is 1. The number of hydrogen-bond donors (Lipinski definition) is 1. The van der Waals surface area contributed by atoms with Gasteiger partial charge in [0, 0.05) is 5.02 Å². The number of anilines is 1. The monoisotopic (exact) mass is 502 g/mol. The van der Waals surface area contributed by atoms with E-state index in [1.807, 2.05) is 19.1 Å². The van der Waals surface area contributed by atoms with E-state index in [0.29, 0.717) is 23.1 Å². The number of rotatable bonds is 10. The number of carbonyl (C=O) groups is 1. The van der Waals surface area contributed by atoms with Crippen LogP contribution in [0, 0.1) is 0 Å². The molecule has 1 unspecified atom stereocenters.